The summed E-state index contributed by atoms with van der Waals surface area (Å²) in [5.41, 5.74) is -0.0496. The van der Waals surface area contributed by atoms with Crippen molar-refractivity contribution in [3.05, 3.63) is 16.4 Å². The first-order valence-electron chi connectivity index (χ1n) is 6.98. The summed E-state index contributed by atoms with van der Waals surface area (Å²) in [5.74, 6) is 0.655. The van der Waals surface area contributed by atoms with Gasteiger partial charge in [0.25, 0.3) is 0 Å². The molecule has 20 heavy (non-hydrogen) atoms. The van der Waals surface area contributed by atoms with Crippen molar-refractivity contribution in [2.75, 3.05) is 23.8 Å². The van der Waals surface area contributed by atoms with Crippen molar-refractivity contribution in [1.29, 1.82) is 0 Å². The summed E-state index contributed by atoms with van der Waals surface area (Å²) in [6.07, 6.45) is 4.23. The van der Waals surface area contributed by atoms with Gasteiger partial charge in [0.05, 0.1) is 4.92 Å². The van der Waals surface area contributed by atoms with Gasteiger partial charge in [-0.15, -0.1) is 0 Å². The van der Waals surface area contributed by atoms with Gasteiger partial charge in [0, 0.05) is 19.6 Å². The molecule has 1 unspecified atom stereocenters. The number of nitrogens with zero attached hydrogens (tertiary/aromatic N) is 4. The van der Waals surface area contributed by atoms with Crippen molar-refractivity contribution in [2.45, 2.75) is 46.1 Å². The number of nitrogens with one attached hydrogen (secondary N) is 1. The van der Waals surface area contributed by atoms with Gasteiger partial charge >= 0.3 is 5.69 Å². The van der Waals surface area contributed by atoms with Crippen LogP contribution in [0.5, 0.6) is 0 Å². The van der Waals surface area contributed by atoms with E-state index in [0.717, 1.165) is 25.8 Å². The standard InChI is InChI=1S/C13H23N5O2/c1-5-7-8-17(4)13-11(18(19)20)12(14-9-15-13)16-10(3)6-2/h9-10H,5-8H2,1-4H3,(H,14,15,16). The van der Waals surface area contributed by atoms with Gasteiger partial charge in [-0.1, -0.05) is 20.3 Å². The average molecular weight is 281 g/mol. The first-order chi connectivity index (χ1) is 9.51. The molecule has 1 aromatic rings. The third-order valence-electron chi connectivity index (χ3n) is 3.19. The summed E-state index contributed by atoms with van der Waals surface area (Å²) < 4.78 is 0. The van der Waals surface area contributed by atoms with Gasteiger partial charge in [-0.25, -0.2) is 9.97 Å². The SMILES string of the molecule is CCCCN(C)c1ncnc(NC(C)CC)c1[N+](=O)[O-]. The van der Waals surface area contributed by atoms with E-state index in [9.17, 15) is 10.1 Å². The lowest BCUT2D eigenvalue weighted by atomic mass is 10.2. The Balaban J connectivity index is 3.11. The van der Waals surface area contributed by atoms with E-state index >= 15 is 0 Å². The largest absolute Gasteiger partial charge is 0.362 e. The van der Waals surface area contributed by atoms with Crippen LogP contribution in [0.4, 0.5) is 17.3 Å². The van der Waals surface area contributed by atoms with E-state index in [-0.39, 0.29) is 17.5 Å². The van der Waals surface area contributed by atoms with Crippen LogP contribution in [0.15, 0.2) is 6.33 Å². The number of anilines is 2. The monoisotopic (exact) mass is 281 g/mol. The Labute approximate surface area is 119 Å². The fourth-order valence-electron chi connectivity index (χ4n) is 1.76. The van der Waals surface area contributed by atoms with E-state index < -0.39 is 4.92 Å². The third kappa shape index (κ3) is 4.04. The molecule has 0 saturated carbocycles. The van der Waals surface area contributed by atoms with Crippen LogP contribution in [-0.2, 0) is 0 Å². The minimum absolute atomic E-state index is 0.0496. The van der Waals surface area contributed by atoms with Gasteiger partial charge in [-0.2, -0.15) is 0 Å². The summed E-state index contributed by atoms with van der Waals surface area (Å²) >= 11 is 0. The van der Waals surface area contributed by atoms with Crippen LogP contribution in [0.3, 0.4) is 0 Å². The van der Waals surface area contributed by atoms with E-state index in [2.05, 4.69) is 22.2 Å². The molecule has 0 amide bonds. The van der Waals surface area contributed by atoms with Gasteiger partial charge < -0.3 is 10.2 Å². The minimum Gasteiger partial charge on any atom is -0.362 e. The predicted molar refractivity (Wildman–Crippen MR) is 80.2 cm³/mol. The lowest BCUT2D eigenvalue weighted by Gasteiger charge is -2.19. The summed E-state index contributed by atoms with van der Waals surface area (Å²) in [5, 5.41) is 14.4. The molecular formula is C13H23N5O2. The van der Waals surface area contributed by atoms with Gasteiger partial charge in [0.15, 0.2) is 0 Å². The molecular weight excluding hydrogens is 258 g/mol. The minimum atomic E-state index is -0.414. The molecule has 0 aliphatic rings. The Morgan fingerprint density at radius 2 is 2.15 bits per heavy atom. The van der Waals surface area contributed by atoms with Crippen molar-refractivity contribution in [3.8, 4) is 0 Å². The molecule has 0 aromatic carbocycles. The zero-order valence-corrected chi connectivity index (χ0v) is 12.6. The zero-order chi connectivity index (χ0) is 15.1. The molecule has 1 atom stereocenters. The number of hydrogen-bond donors (Lipinski definition) is 1. The number of unbranched alkanes of at least 4 members (excludes halogenated alkanes) is 1. The Morgan fingerprint density at radius 1 is 1.45 bits per heavy atom. The molecule has 0 bridgehead atoms. The number of rotatable bonds is 8. The zero-order valence-electron chi connectivity index (χ0n) is 12.6. The lowest BCUT2D eigenvalue weighted by molar-refractivity contribution is -0.383. The molecule has 0 saturated heterocycles. The molecule has 1 aromatic heterocycles. The highest BCUT2D eigenvalue weighted by molar-refractivity contribution is 5.70. The quantitative estimate of drug-likeness (QED) is 0.582. The van der Waals surface area contributed by atoms with Crippen molar-refractivity contribution < 1.29 is 4.92 Å². The maximum Gasteiger partial charge on any atom is 0.353 e. The second-order valence-electron chi connectivity index (χ2n) is 4.88. The molecule has 0 spiro atoms. The topological polar surface area (TPSA) is 84.2 Å². The van der Waals surface area contributed by atoms with Crippen LogP contribution in [0.25, 0.3) is 0 Å². The van der Waals surface area contributed by atoms with Gasteiger partial charge in [-0.05, 0) is 19.8 Å². The van der Waals surface area contributed by atoms with E-state index in [1.807, 2.05) is 25.8 Å². The van der Waals surface area contributed by atoms with Gasteiger partial charge in [0.1, 0.15) is 6.33 Å². The second kappa shape index (κ2) is 7.62. The molecule has 112 valence electrons. The first-order valence-corrected chi connectivity index (χ1v) is 6.98. The normalized spacial score (nSPS) is 12.0. The summed E-state index contributed by atoms with van der Waals surface area (Å²) in [6, 6.07) is 0.123. The predicted octanol–water partition coefficient (Wildman–Crippen LogP) is 2.83. The molecule has 7 nitrogen and oxygen atoms in total. The molecule has 0 fully saturated rings. The summed E-state index contributed by atoms with van der Waals surface area (Å²) in [6.45, 7) is 6.79. The Bertz CT molecular complexity index is 452. The summed E-state index contributed by atoms with van der Waals surface area (Å²) in [4.78, 5) is 20.8. The van der Waals surface area contributed by atoms with Crippen LogP contribution >= 0.6 is 0 Å². The fourth-order valence-corrected chi connectivity index (χ4v) is 1.76. The Hall–Kier alpha value is -1.92. The van der Waals surface area contributed by atoms with Crippen LogP contribution in [-0.4, -0.2) is 34.5 Å². The molecule has 0 radical (unpaired) electrons. The smallest absolute Gasteiger partial charge is 0.353 e. The Morgan fingerprint density at radius 3 is 2.70 bits per heavy atom. The second-order valence-corrected chi connectivity index (χ2v) is 4.88. The van der Waals surface area contributed by atoms with Crippen molar-refractivity contribution in [1.82, 2.24) is 9.97 Å². The molecule has 1 rings (SSSR count). The van der Waals surface area contributed by atoms with Crippen LogP contribution in [0, 0.1) is 10.1 Å². The third-order valence-corrected chi connectivity index (χ3v) is 3.19. The van der Waals surface area contributed by atoms with Crippen LogP contribution in [0.1, 0.15) is 40.0 Å². The number of hydrogen-bond acceptors (Lipinski definition) is 6. The van der Waals surface area contributed by atoms with E-state index in [1.165, 1.54) is 6.33 Å². The molecule has 7 heteroatoms. The Kier molecular flexibility index (Phi) is 6.14. The summed E-state index contributed by atoms with van der Waals surface area (Å²) in [7, 11) is 1.82. The average Bonchev–Trinajstić information content (AvgIpc) is 2.43. The fraction of sp³-hybridized carbons (Fsp3) is 0.692. The highest BCUT2D eigenvalue weighted by Gasteiger charge is 2.25. The van der Waals surface area contributed by atoms with E-state index in [4.69, 9.17) is 0 Å². The molecule has 1 N–H and O–H groups in total. The van der Waals surface area contributed by atoms with Crippen molar-refractivity contribution in [3.63, 3.8) is 0 Å². The van der Waals surface area contributed by atoms with Gasteiger partial charge in [-0.3, -0.25) is 10.1 Å². The first kappa shape index (κ1) is 16.1. The highest BCUT2D eigenvalue weighted by atomic mass is 16.6. The van der Waals surface area contributed by atoms with E-state index in [1.54, 1.807) is 0 Å². The maximum atomic E-state index is 11.3. The molecule has 0 aliphatic heterocycles. The van der Waals surface area contributed by atoms with Crippen molar-refractivity contribution in [2.24, 2.45) is 0 Å². The van der Waals surface area contributed by atoms with Gasteiger partial charge in [0.2, 0.25) is 11.6 Å². The lowest BCUT2D eigenvalue weighted by Crippen LogP contribution is -2.23. The number of nitro groups is 1. The highest BCUT2D eigenvalue weighted by Crippen LogP contribution is 2.31. The molecule has 0 aliphatic carbocycles. The molecule has 1 heterocycles. The van der Waals surface area contributed by atoms with E-state index in [0.29, 0.717) is 5.82 Å². The maximum absolute atomic E-state index is 11.3. The van der Waals surface area contributed by atoms with Crippen molar-refractivity contribution >= 4 is 17.3 Å². The van der Waals surface area contributed by atoms with Crippen LogP contribution in [0.2, 0.25) is 0 Å². The van der Waals surface area contributed by atoms with Crippen LogP contribution < -0.4 is 10.2 Å². The number of aromatic nitrogens is 2.